The van der Waals surface area contributed by atoms with Gasteiger partial charge >= 0.3 is 0 Å². The van der Waals surface area contributed by atoms with Gasteiger partial charge in [0.25, 0.3) is 0 Å². The second kappa shape index (κ2) is 7.02. The van der Waals surface area contributed by atoms with Crippen LogP contribution in [0.25, 0.3) is 22.2 Å². The number of nitrogens with zero attached hydrogens (tertiary/aromatic N) is 2. The van der Waals surface area contributed by atoms with E-state index in [1.807, 2.05) is 31.4 Å². The van der Waals surface area contributed by atoms with Gasteiger partial charge in [0.1, 0.15) is 0 Å². The van der Waals surface area contributed by atoms with Crippen molar-refractivity contribution in [2.75, 3.05) is 12.4 Å². The summed E-state index contributed by atoms with van der Waals surface area (Å²) in [6, 6.07) is 9.11. The monoisotopic (exact) mass is 355 g/mol. The van der Waals surface area contributed by atoms with Crippen LogP contribution in [0, 0.1) is 0 Å². The van der Waals surface area contributed by atoms with E-state index in [9.17, 15) is 0 Å². The van der Waals surface area contributed by atoms with E-state index in [1.54, 1.807) is 6.20 Å². The van der Waals surface area contributed by atoms with Crippen LogP contribution in [-0.4, -0.2) is 34.1 Å². The fourth-order valence-electron chi connectivity index (χ4n) is 3.66. The number of benzene rings is 1. The summed E-state index contributed by atoms with van der Waals surface area (Å²) in [7, 11) is 2.03. The lowest BCUT2D eigenvalue weighted by Gasteiger charge is -2.29. The van der Waals surface area contributed by atoms with Gasteiger partial charge in [0.05, 0.1) is 16.9 Å². The second-order valence-corrected chi connectivity index (χ2v) is 7.04. The molecule has 25 heavy (non-hydrogen) atoms. The number of rotatable bonds is 4. The lowest BCUT2D eigenvalue weighted by atomic mass is 9.91. The lowest BCUT2D eigenvalue weighted by molar-refractivity contribution is 0.368. The molecule has 1 aliphatic carbocycles. The van der Waals surface area contributed by atoms with E-state index in [2.05, 4.69) is 26.7 Å². The average Bonchev–Trinajstić information content (AvgIpc) is 3.07. The molecule has 130 valence electrons. The molecule has 5 nitrogen and oxygen atoms in total. The van der Waals surface area contributed by atoms with Crippen molar-refractivity contribution in [3.63, 3.8) is 0 Å². The summed E-state index contributed by atoms with van der Waals surface area (Å²) in [6.45, 7) is 0. The molecule has 1 aliphatic rings. The summed E-state index contributed by atoms with van der Waals surface area (Å²) in [5, 5.41) is 8.54. The molecule has 6 heteroatoms. The lowest BCUT2D eigenvalue weighted by Crippen LogP contribution is -2.37. The Labute approximate surface area is 152 Å². The highest BCUT2D eigenvalue weighted by atomic mass is 35.5. The highest BCUT2D eigenvalue weighted by Gasteiger charge is 2.22. The molecule has 1 aromatic carbocycles. The van der Waals surface area contributed by atoms with E-state index in [0.29, 0.717) is 23.1 Å². The number of nitrogens with one attached hydrogen (secondary N) is 3. The Morgan fingerprint density at radius 3 is 2.92 bits per heavy atom. The number of aromatic nitrogens is 3. The van der Waals surface area contributed by atoms with Crippen molar-refractivity contribution in [1.82, 2.24) is 20.3 Å². The van der Waals surface area contributed by atoms with Crippen LogP contribution in [0.2, 0.25) is 5.02 Å². The van der Waals surface area contributed by atoms with Crippen LogP contribution in [0.3, 0.4) is 0 Å². The van der Waals surface area contributed by atoms with Gasteiger partial charge in [-0.05, 0) is 38.8 Å². The average molecular weight is 356 g/mol. The maximum Gasteiger partial charge on any atom is 0.223 e. The standard InChI is InChI=1S/C19H22ClN5/c1-21-12-5-4-6-13(9-12)24-19-23-11-16(20)18(25-19)15-10-22-17-8-3-2-7-14(15)17/h2-3,7-8,10-13,21-22H,4-6,9H2,1H3,(H,23,24,25)/t12-,13+/m0/s1. The van der Waals surface area contributed by atoms with Crippen molar-refractivity contribution in [3.05, 3.63) is 41.7 Å². The molecule has 3 N–H and O–H groups in total. The molecule has 1 saturated carbocycles. The van der Waals surface area contributed by atoms with Gasteiger partial charge in [-0.1, -0.05) is 29.8 Å². The third kappa shape index (κ3) is 3.34. The van der Waals surface area contributed by atoms with Crippen LogP contribution >= 0.6 is 11.6 Å². The minimum Gasteiger partial charge on any atom is -0.360 e. The van der Waals surface area contributed by atoms with Gasteiger partial charge < -0.3 is 15.6 Å². The first-order valence-electron chi connectivity index (χ1n) is 8.77. The summed E-state index contributed by atoms with van der Waals surface area (Å²) >= 11 is 6.40. The van der Waals surface area contributed by atoms with Crippen LogP contribution in [0.1, 0.15) is 25.7 Å². The number of fused-ring (bicyclic) bond motifs is 1. The van der Waals surface area contributed by atoms with Crippen LogP contribution < -0.4 is 10.6 Å². The van der Waals surface area contributed by atoms with Gasteiger partial charge in [-0.3, -0.25) is 0 Å². The maximum atomic E-state index is 6.40. The Balaban J connectivity index is 1.63. The van der Waals surface area contributed by atoms with E-state index in [1.165, 1.54) is 12.8 Å². The molecule has 0 radical (unpaired) electrons. The fraction of sp³-hybridized carbons (Fsp3) is 0.368. The third-order valence-corrected chi connectivity index (χ3v) is 5.28. The van der Waals surface area contributed by atoms with Crippen LogP contribution in [0.4, 0.5) is 5.95 Å². The van der Waals surface area contributed by atoms with Crippen molar-refractivity contribution in [1.29, 1.82) is 0 Å². The topological polar surface area (TPSA) is 65.6 Å². The minimum absolute atomic E-state index is 0.392. The van der Waals surface area contributed by atoms with E-state index >= 15 is 0 Å². The van der Waals surface area contributed by atoms with E-state index in [4.69, 9.17) is 16.6 Å². The van der Waals surface area contributed by atoms with Crippen molar-refractivity contribution in [3.8, 4) is 11.3 Å². The fourth-order valence-corrected chi connectivity index (χ4v) is 3.85. The van der Waals surface area contributed by atoms with Gasteiger partial charge in [0.15, 0.2) is 0 Å². The molecule has 0 bridgehead atoms. The summed E-state index contributed by atoms with van der Waals surface area (Å²) in [4.78, 5) is 12.4. The van der Waals surface area contributed by atoms with E-state index in [0.717, 1.165) is 35.0 Å². The number of para-hydroxylation sites is 1. The normalized spacial score (nSPS) is 20.7. The number of hydrogen-bond donors (Lipinski definition) is 3. The summed E-state index contributed by atoms with van der Waals surface area (Å²) in [5.41, 5.74) is 2.84. The zero-order chi connectivity index (χ0) is 17.2. The Morgan fingerprint density at radius 2 is 2.04 bits per heavy atom. The van der Waals surface area contributed by atoms with Gasteiger partial charge in [0, 0.05) is 34.7 Å². The maximum absolute atomic E-state index is 6.40. The van der Waals surface area contributed by atoms with Crippen molar-refractivity contribution in [2.45, 2.75) is 37.8 Å². The van der Waals surface area contributed by atoms with Gasteiger partial charge in [-0.25, -0.2) is 9.97 Å². The quantitative estimate of drug-likeness (QED) is 0.655. The molecule has 2 atom stereocenters. The molecule has 2 aromatic heterocycles. The van der Waals surface area contributed by atoms with Crippen LogP contribution in [0.15, 0.2) is 36.7 Å². The van der Waals surface area contributed by atoms with Crippen molar-refractivity contribution < 1.29 is 0 Å². The Morgan fingerprint density at radius 1 is 1.20 bits per heavy atom. The van der Waals surface area contributed by atoms with E-state index in [-0.39, 0.29) is 0 Å². The Hall–Kier alpha value is -2.11. The Bertz CT molecular complexity index is 875. The first kappa shape index (κ1) is 16.4. The number of anilines is 1. The smallest absolute Gasteiger partial charge is 0.223 e. The highest BCUT2D eigenvalue weighted by molar-refractivity contribution is 6.33. The first-order valence-corrected chi connectivity index (χ1v) is 9.15. The van der Waals surface area contributed by atoms with Crippen molar-refractivity contribution in [2.24, 2.45) is 0 Å². The molecule has 0 amide bonds. The largest absolute Gasteiger partial charge is 0.360 e. The van der Waals surface area contributed by atoms with Crippen LogP contribution in [0.5, 0.6) is 0 Å². The molecule has 2 heterocycles. The zero-order valence-corrected chi connectivity index (χ0v) is 15.0. The first-order chi connectivity index (χ1) is 12.2. The molecule has 0 saturated heterocycles. The number of H-pyrrole nitrogens is 1. The number of halogens is 1. The Kier molecular flexibility index (Phi) is 4.59. The van der Waals surface area contributed by atoms with E-state index < -0.39 is 0 Å². The highest BCUT2D eigenvalue weighted by Crippen LogP contribution is 2.32. The molecule has 0 spiro atoms. The van der Waals surface area contributed by atoms with Gasteiger partial charge in [0.2, 0.25) is 5.95 Å². The molecule has 3 aromatic rings. The molecule has 0 unspecified atom stereocenters. The van der Waals surface area contributed by atoms with Gasteiger partial charge in [-0.15, -0.1) is 0 Å². The summed E-state index contributed by atoms with van der Waals surface area (Å²) < 4.78 is 0. The summed E-state index contributed by atoms with van der Waals surface area (Å²) in [6.07, 6.45) is 8.33. The predicted octanol–water partition coefficient (Wildman–Crippen LogP) is 4.22. The predicted molar refractivity (Wildman–Crippen MR) is 103 cm³/mol. The summed E-state index contributed by atoms with van der Waals surface area (Å²) in [5.74, 6) is 0.645. The molecule has 1 fully saturated rings. The molecule has 0 aliphatic heterocycles. The minimum atomic E-state index is 0.392. The second-order valence-electron chi connectivity index (χ2n) is 6.63. The molecular weight excluding hydrogens is 334 g/mol. The molecule has 4 rings (SSSR count). The molecular formula is C19H22ClN5. The SMILES string of the molecule is CN[C@H]1CCC[C@@H](Nc2ncc(Cl)c(-c3c[nH]c4ccccc34)n2)C1. The number of hydrogen-bond acceptors (Lipinski definition) is 4. The van der Waals surface area contributed by atoms with Crippen molar-refractivity contribution >= 4 is 28.5 Å². The third-order valence-electron chi connectivity index (χ3n) is 5.00. The number of aromatic amines is 1. The van der Waals surface area contributed by atoms with Crippen LogP contribution in [-0.2, 0) is 0 Å². The zero-order valence-electron chi connectivity index (χ0n) is 14.2. The van der Waals surface area contributed by atoms with Gasteiger partial charge in [-0.2, -0.15) is 0 Å².